The fraction of sp³-hybridized carbons (Fsp3) is 0.625. The zero-order valence-electron chi connectivity index (χ0n) is 11.2. The van der Waals surface area contributed by atoms with E-state index in [1.54, 1.807) is 0 Å². The van der Waals surface area contributed by atoms with E-state index in [4.69, 9.17) is 0 Å². The summed E-state index contributed by atoms with van der Waals surface area (Å²) < 4.78 is 0.431. The topological polar surface area (TPSA) is 0 Å². The highest BCUT2D eigenvalue weighted by atomic mass is 32.2. The third-order valence-electron chi connectivity index (χ3n) is 3.82. The molecule has 0 bridgehead atoms. The van der Waals surface area contributed by atoms with Crippen molar-refractivity contribution in [1.82, 2.24) is 0 Å². The molecule has 1 aromatic carbocycles. The van der Waals surface area contributed by atoms with Crippen molar-refractivity contribution < 1.29 is 0 Å². The number of benzene rings is 1. The van der Waals surface area contributed by atoms with Gasteiger partial charge in [0.15, 0.2) is 0 Å². The third-order valence-corrected chi connectivity index (χ3v) is 6.36. The molecular formula is C16H23AlS. The molecule has 2 radical (unpaired) electrons. The van der Waals surface area contributed by atoms with Gasteiger partial charge in [0.2, 0.25) is 0 Å². The Hall–Kier alpha value is 0.102. The molecule has 0 N–H and O–H groups in total. The van der Waals surface area contributed by atoms with Crippen LogP contribution in [0.4, 0.5) is 0 Å². The normalized spacial score (nSPS) is 20.7. The molecule has 0 nitrogen and oxygen atoms in total. The van der Waals surface area contributed by atoms with Crippen LogP contribution >= 0.6 is 11.8 Å². The molecule has 0 atom stereocenters. The molecule has 0 amide bonds. The second kappa shape index (κ2) is 7.63. The van der Waals surface area contributed by atoms with E-state index in [1.807, 2.05) is 0 Å². The molecule has 2 heteroatoms. The predicted octanol–water partition coefficient (Wildman–Crippen LogP) is 4.92. The molecule has 1 saturated carbocycles. The molecule has 1 aliphatic carbocycles. The molecule has 0 aromatic heterocycles. The highest BCUT2D eigenvalue weighted by Gasteiger charge is 2.23. The summed E-state index contributed by atoms with van der Waals surface area (Å²) in [6.45, 7) is 0. The standard InChI is InChI=1S/C16H23S.Al/c1-2-4-9-13-16(12-8-3-1)17-14-15-10-6-5-7-11-15;/h5-7,10-11H,1-4,8-9,12-14H2;. The minimum Gasteiger partial charge on any atom is -0.168 e. The van der Waals surface area contributed by atoms with Gasteiger partial charge < -0.3 is 0 Å². The second-order valence-corrected chi connectivity index (χ2v) is 8.37. The summed E-state index contributed by atoms with van der Waals surface area (Å²) >= 11 is 5.33. The fourth-order valence-corrected chi connectivity index (χ4v) is 4.51. The first kappa shape index (κ1) is 14.5. The smallest absolute Gasteiger partial charge is 0.147 e. The summed E-state index contributed by atoms with van der Waals surface area (Å²) in [7, 11) is 0. The van der Waals surface area contributed by atoms with E-state index in [0.29, 0.717) is 3.61 Å². The molecule has 0 spiro atoms. The van der Waals surface area contributed by atoms with Gasteiger partial charge >= 0.3 is 0 Å². The van der Waals surface area contributed by atoms with E-state index >= 15 is 0 Å². The van der Waals surface area contributed by atoms with Gasteiger partial charge in [0.25, 0.3) is 0 Å². The van der Waals surface area contributed by atoms with Gasteiger partial charge in [0, 0.05) is 5.75 Å². The third kappa shape index (κ3) is 5.00. The maximum atomic E-state index is 3.18. The van der Waals surface area contributed by atoms with Crippen LogP contribution in [0.3, 0.4) is 0 Å². The van der Waals surface area contributed by atoms with Crippen molar-refractivity contribution in [3.8, 4) is 0 Å². The average Bonchev–Trinajstić information content (AvgIpc) is 2.51. The van der Waals surface area contributed by atoms with E-state index < -0.39 is 0 Å². The van der Waals surface area contributed by atoms with Crippen molar-refractivity contribution in [3.63, 3.8) is 0 Å². The van der Waals surface area contributed by atoms with Crippen LogP contribution in [0.25, 0.3) is 0 Å². The minimum absolute atomic E-state index is 0.431. The van der Waals surface area contributed by atoms with Crippen LogP contribution < -0.4 is 0 Å². The first-order valence-corrected chi connectivity index (χ1v) is 8.82. The van der Waals surface area contributed by atoms with Gasteiger partial charge in [-0.2, -0.15) is 11.8 Å². The van der Waals surface area contributed by atoms with Crippen LogP contribution in [0.5, 0.6) is 0 Å². The van der Waals surface area contributed by atoms with Crippen molar-refractivity contribution in [2.24, 2.45) is 0 Å². The molecule has 0 aliphatic heterocycles. The average molecular weight is 274 g/mol. The first-order chi connectivity index (χ1) is 8.79. The highest BCUT2D eigenvalue weighted by Crippen LogP contribution is 2.36. The molecule has 0 unspecified atom stereocenters. The van der Waals surface area contributed by atoms with Crippen LogP contribution in [-0.4, -0.2) is 19.9 Å². The summed E-state index contributed by atoms with van der Waals surface area (Å²) in [4.78, 5) is 0. The summed E-state index contributed by atoms with van der Waals surface area (Å²) in [6, 6.07) is 10.9. The van der Waals surface area contributed by atoms with Gasteiger partial charge in [-0.1, -0.05) is 85.3 Å². The fourth-order valence-electron chi connectivity index (χ4n) is 2.63. The lowest BCUT2D eigenvalue weighted by atomic mass is 10.1. The molecule has 96 valence electrons. The van der Waals surface area contributed by atoms with Crippen LogP contribution in [0.1, 0.15) is 56.9 Å². The van der Waals surface area contributed by atoms with Gasteiger partial charge in [-0.15, -0.1) is 0 Å². The Morgan fingerprint density at radius 1 is 0.889 bits per heavy atom. The van der Waals surface area contributed by atoms with Crippen LogP contribution in [-0.2, 0) is 5.75 Å². The van der Waals surface area contributed by atoms with Gasteiger partial charge in [0.05, 0.1) is 0 Å². The summed E-state index contributed by atoms with van der Waals surface area (Å²) in [5.41, 5.74) is 1.46. The molecule has 1 fully saturated rings. The molecule has 2 rings (SSSR count). The van der Waals surface area contributed by atoms with Crippen LogP contribution in [0.2, 0.25) is 0 Å². The van der Waals surface area contributed by atoms with E-state index in [2.05, 4.69) is 58.4 Å². The van der Waals surface area contributed by atoms with Crippen molar-refractivity contribution in [2.45, 2.75) is 60.7 Å². The minimum atomic E-state index is 0.431. The maximum Gasteiger partial charge on any atom is 0.147 e. The lowest BCUT2D eigenvalue weighted by molar-refractivity contribution is 0.595. The van der Waals surface area contributed by atoms with Gasteiger partial charge in [0.1, 0.15) is 16.3 Å². The molecule has 0 saturated heterocycles. The first-order valence-electron chi connectivity index (χ1n) is 7.25. The van der Waals surface area contributed by atoms with Crippen LogP contribution in [0.15, 0.2) is 30.3 Å². The van der Waals surface area contributed by atoms with Gasteiger partial charge in [-0.3, -0.25) is 0 Å². The molecule has 1 aromatic rings. The van der Waals surface area contributed by atoms with E-state index in [9.17, 15) is 0 Å². The van der Waals surface area contributed by atoms with Gasteiger partial charge in [-0.05, 0) is 5.56 Å². The largest absolute Gasteiger partial charge is 0.168 e. The number of hydrogen-bond donors (Lipinski definition) is 0. The lowest BCUT2D eigenvalue weighted by Gasteiger charge is -2.30. The van der Waals surface area contributed by atoms with E-state index in [0.717, 1.165) is 5.75 Å². The summed E-state index contributed by atoms with van der Waals surface area (Å²) in [5.74, 6) is 1.16. The van der Waals surface area contributed by atoms with Crippen LogP contribution in [0, 0.1) is 0 Å². The molecule has 0 heterocycles. The van der Waals surface area contributed by atoms with Crippen molar-refractivity contribution in [3.05, 3.63) is 35.9 Å². The Labute approximate surface area is 124 Å². The van der Waals surface area contributed by atoms with Crippen molar-refractivity contribution in [2.75, 3.05) is 0 Å². The zero-order valence-corrected chi connectivity index (χ0v) is 13.2. The second-order valence-electron chi connectivity index (χ2n) is 5.46. The predicted molar refractivity (Wildman–Crippen MR) is 83.2 cm³/mol. The molecule has 1 aliphatic rings. The zero-order chi connectivity index (χ0) is 12.7. The number of thioether (sulfide) groups is 1. The maximum absolute atomic E-state index is 3.18. The highest BCUT2D eigenvalue weighted by molar-refractivity contribution is 8.01. The SMILES string of the molecule is [Al][C]1(SCc2ccccc2)CCCCCCCC1. The van der Waals surface area contributed by atoms with E-state index in [-0.39, 0.29) is 0 Å². The quantitative estimate of drug-likeness (QED) is 0.705. The van der Waals surface area contributed by atoms with Gasteiger partial charge in [-0.25, -0.2) is 0 Å². The van der Waals surface area contributed by atoms with Crippen molar-refractivity contribution >= 4 is 28.1 Å². The Kier molecular flexibility index (Phi) is 6.15. The molecule has 18 heavy (non-hydrogen) atoms. The summed E-state index contributed by atoms with van der Waals surface area (Å²) in [5, 5.41) is 0. The van der Waals surface area contributed by atoms with Crippen molar-refractivity contribution in [1.29, 1.82) is 0 Å². The lowest BCUT2D eigenvalue weighted by Crippen LogP contribution is -2.25. The monoisotopic (exact) mass is 274 g/mol. The number of rotatable bonds is 3. The molecular weight excluding hydrogens is 251 g/mol. The Morgan fingerprint density at radius 3 is 2.06 bits per heavy atom. The Morgan fingerprint density at radius 2 is 1.44 bits per heavy atom. The Balaban J connectivity index is 1.87. The number of hydrogen-bond acceptors (Lipinski definition) is 1. The summed E-state index contributed by atoms with van der Waals surface area (Å²) in [6.07, 6.45) is 11.3. The van der Waals surface area contributed by atoms with E-state index in [1.165, 1.54) is 56.9 Å². The Bertz CT molecular complexity index is 326.